The van der Waals surface area contributed by atoms with Crippen LogP contribution in [0.15, 0.2) is 0 Å². The molecule has 0 aromatic heterocycles. The number of hydrogen-bond donors (Lipinski definition) is 3. The Kier molecular flexibility index (Phi) is 6.62. The van der Waals surface area contributed by atoms with Crippen molar-refractivity contribution in [1.29, 1.82) is 0 Å². The summed E-state index contributed by atoms with van der Waals surface area (Å²) in [5, 5.41) is 14.0. The molecule has 0 spiro atoms. The Balaban J connectivity index is 2.17. The van der Waals surface area contributed by atoms with Gasteiger partial charge in [-0.2, -0.15) is 0 Å². The van der Waals surface area contributed by atoms with Crippen LogP contribution in [0.3, 0.4) is 0 Å². The van der Waals surface area contributed by atoms with E-state index < -0.39 is 18.0 Å². The second-order valence-electron chi connectivity index (χ2n) is 5.12. The van der Waals surface area contributed by atoms with Crippen molar-refractivity contribution in [3.8, 4) is 0 Å². The molecule has 0 unspecified atom stereocenters. The summed E-state index contributed by atoms with van der Waals surface area (Å²) in [5.41, 5.74) is 0. The van der Waals surface area contributed by atoms with Crippen molar-refractivity contribution < 1.29 is 14.7 Å². The van der Waals surface area contributed by atoms with Gasteiger partial charge in [0.15, 0.2) is 0 Å². The standard InChI is InChI=1S/C13H25N3O3/c1-3-11(12(17)18)15-13(19)14-8-9-16(2)10-6-4-5-7-10/h10-11H,3-9H2,1-2H3,(H,17,18)(H2,14,15,19)/t11-/m1/s1. The number of rotatable bonds is 7. The molecule has 1 atom stereocenters. The quantitative estimate of drug-likeness (QED) is 0.646. The second-order valence-corrected chi connectivity index (χ2v) is 5.12. The number of hydrogen-bond acceptors (Lipinski definition) is 3. The molecule has 0 aliphatic heterocycles. The third-order valence-corrected chi connectivity index (χ3v) is 3.71. The average Bonchev–Trinajstić information content (AvgIpc) is 2.89. The van der Waals surface area contributed by atoms with Crippen LogP contribution in [0.25, 0.3) is 0 Å². The van der Waals surface area contributed by atoms with Crippen LogP contribution < -0.4 is 10.6 Å². The van der Waals surface area contributed by atoms with Gasteiger partial charge in [0.05, 0.1) is 0 Å². The molecule has 19 heavy (non-hydrogen) atoms. The normalized spacial score (nSPS) is 17.4. The highest BCUT2D eigenvalue weighted by molar-refractivity contribution is 5.82. The summed E-state index contributed by atoms with van der Waals surface area (Å²) in [6, 6.07) is -0.589. The summed E-state index contributed by atoms with van der Waals surface area (Å²) < 4.78 is 0. The summed E-state index contributed by atoms with van der Waals surface area (Å²) >= 11 is 0. The topological polar surface area (TPSA) is 81.7 Å². The van der Waals surface area contributed by atoms with E-state index in [-0.39, 0.29) is 0 Å². The number of nitrogens with zero attached hydrogens (tertiary/aromatic N) is 1. The van der Waals surface area contributed by atoms with Gasteiger partial charge in [0.2, 0.25) is 0 Å². The molecule has 6 heteroatoms. The average molecular weight is 271 g/mol. The van der Waals surface area contributed by atoms with Crippen molar-refractivity contribution in [1.82, 2.24) is 15.5 Å². The number of nitrogens with one attached hydrogen (secondary N) is 2. The van der Waals surface area contributed by atoms with Crippen LogP contribution >= 0.6 is 0 Å². The lowest BCUT2D eigenvalue weighted by Gasteiger charge is -2.24. The molecule has 0 heterocycles. The van der Waals surface area contributed by atoms with Crippen LogP contribution in [0, 0.1) is 0 Å². The highest BCUT2D eigenvalue weighted by Gasteiger charge is 2.20. The number of carbonyl (C=O) groups is 2. The fourth-order valence-corrected chi connectivity index (χ4v) is 2.42. The zero-order valence-electron chi connectivity index (χ0n) is 11.8. The molecular formula is C13H25N3O3. The predicted octanol–water partition coefficient (Wildman–Crippen LogP) is 1.02. The Hall–Kier alpha value is -1.30. The lowest BCUT2D eigenvalue weighted by atomic mass is 10.2. The smallest absolute Gasteiger partial charge is 0.326 e. The van der Waals surface area contributed by atoms with Gasteiger partial charge >= 0.3 is 12.0 Å². The molecule has 2 amide bonds. The summed E-state index contributed by atoms with van der Waals surface area (Å²) in [6.07, 6.45) is 5.43. The lowest BCUT2D eigenvalue weighted by molar-refractivity contribution is -0.139. The van der Waals surface area contributed by atoms with Gasteiger partial charge in [-0.25, -0.2) is 9.59 Å². The molecule has 1 fully saturated rings. The van der Waals surface area contributed by atoms with E-state index in [0.29, 0.717) is 19.0 Å². The molecule has 1 aliphatic carbocycles. The number of likely N-dealkylation sites (N-methyl/N-ethyl adjacent to an activating group) is 1. The van der Waals surface area contributed by atoms with Gasteiger partial charge < -0.3 is 20.6 Å². The molecule has 0 aromatic rings. The van der Waals surface area contributed by atoms with Crippen LogP contribution in [0.4, 0.5) is 4.79 Å². The van der Waals surface area contributed by atoms with Gasteiger partial charge in [-0.05, 0) is 26.3 Å². The van der Waals surface area contributed by atoms with Crippen molar-refractivity contribution in [2.75, 3.05) is 20.1 Å². The monoisotopic (exact) mass is 271 g/mol. The molecule has 1 rings (SSSR count). The zero-order valence-corrected chi connectivity index (χ0v) is 11.8. The highest BCUT2D eigenvalue weighted by atomic mass is 16.4. The molecule has 0 bridgehead atoms. The van der Waals surface area contributed by atoms with E-state index in [2.05, 4.69) is 22.6 Å². The first-order valence-corrected chi connectivity index (χ1v) is 7.02. The van der Waals surface area contributed by atoms with Crippen molar-refractivity contribution in [2.24, 2.45) is 0 Å². The number of carboxylic acid groups (broad SMARTS) is 1. The van der Waals surface area contributed by atoms with Crippen LogP contribution in [0.1, 0.15) is 39.0 Å². The first-order chi connectivity index (χ1) is 9.04. The summed E-state index contributed by atoms with van der Waals surface area (Å²) in [7, 11) is 2.07. The number of urea groups is 1. The molecule has 0 radical (unpaired) electrons. The van der Waals surface area contributed by atoms with E-state index in [1.165, 1.54) is 25.7 Å². The van der Waals surface area contributed by atoms with Crippen molar-refractivity contribution >= 4 is 12.0 Å². The Morgan fingerprint density at radius 1 is 1.37 bits per heavy atom. The lowest BCUT2D eigenvalue weighted by Crippen LogP contribution is -2.47. The maximum atomic E-state index is 11.5. The van der Waals surface area contributed by atoms with Gasteiger partial charge in [0.25, 0.3) is 0 Å². The van der Waals surface area contributed by atoms with E-state index in [1.54, 1.807) is 6.92 Å². The Labute approximate surface area is 114 Å². The summed E-state index contributed by atoms with van der Waals surface area (Å²) in [6.45, 7) is 3.06. The molecule has 3 N–H and O–H groups in total. The Morgan fingerprint density at radius 3 is 2.53 bits per heavy atom. The molecule has 110 valence electrons. The summed E-state index contributed by atoms with van der Waals surface area (Å²) in [4.78, 5) is 24.6. The van der Waals surface area contributed by atoms with Gasteiger partial charge in [0.1, 0.15) is 6.04 Å². The van der Waals surface area contributed by atoms with Crippen molar-refractivity contribution in [3.05, 3.63) is 0 Å². The number of aliphatic carboxylic acids is 1. The first kappa shape index (κ1) is 15.8. The minimum absolute atomic E-state index is 0.380. The van der Waals surface area contributed by atoms with Crippen LogP contribution in [-0.2, 0) is 4.79 Å². The van der Waals surface area contributed by atoms with E-state index in [4.69, 9.17) is 5.11 Å². The van der Waals surface area contributed by atoms with Crippen LogP contribution in [-0.4, -0.2) is 54.2 Å². The highest BCUT2D eigenvalue weighted by Crippen LogP contribution is 2.21. The van der Waals surface area contributed by atoms with E-state index in [9.17, 15) is 9.59 Å². The fourth-order valence-electron chi connectivity index (χ4n) is 2.42. The molecular weight excluding hydrogens is 246 g/mol. The molecule has 0 aromatic carbocycles. The molecule has 0 saturated heterocycles. The van der Waals surface area contributed by atoms with E-state index in [0.717, 1.165) is 6.54 Å². The molecule has 1 saturated carbocycles. The minimum Gasteiger partial charge on any atom is -0.480 e. The number of carboxylic acids is 1. The number of carbonyl (C=O) groups excluding carboxylic acids is 1. The second kappa shape index (κ2) is 7.99. The third kappa shape index (κ3) is 5.46. The minimum atomic E-state index is -0.999. The predicted molar refractivity (Wildman–Crippen MR) is 73.1 cm³/mol. The Bertz CT molecular complexity index is 304. The van der Waals surface area contributed by atoms with Crippen LogP contribution in [0.5, 0.6) is 0 Å². The summed E-state index contributed by atoms with van der Waals surface area (Å²) in [5.74, 6) is -0.999. The van der Waals surface area contributed by atoms with Crippen molar-refractivity contribution in [2.45, 2.75) is 51.1 Å². The number of amides is 2. The maximum Gasteiger partial charge on any atom is 0.326 e. The van der Waals surface area contributed by atoms with Crippen LogP contribution in [0.2, 0.25) is 0 Å². The third-order valence-electron chi connectivity index (χ3n) is 3.71. The fraction of sp³-hybridized carbons (Fsp3) is 0.846. The van der Waals surface area contributed by atoms with Gasteiger partial charge in [0, 0.05) is 19.1 Å². The SMILES string of the molecule is CC[C@@H](NC(=O)NCCN(C)C1CCCC1)C(=O)O. The Morgan fingerprint density at radius 2 is 2.00 bits per heavy atom. The first-order valence-electron chi connectivity index (χ1n) is 7.02. The molecule has 1 aliphatic rings. The maximum absolute atomic E-state index is 11.5. The van der Waals surface area contributed by atoms with Crippen molar-refractivity contribution in [3.63, 3.8) is 0 Å². The van der Waals surface area contributed by atoms with Gasteiger partial charge in [-0.15, -0.1) is 0 Å². The zero-order chi connectivity index (χ0) is 14.3. The largest absolute Gasteiger partial charge is 0.480 e. The van der Waals surface area contributed by atoms with Gasteiger partial charge in [-0.3, -0.25) is 0 Å². The van der Waals surface area contributed by atoms with E-state index >= 15 is 0 Å². The van der Waals surface area contributed by atoms with Gasteiger partial charge in [-0.1, -0.05) is 19.8 Å². The molecule has 6 nitrogen and oxygen atoms in total. The van der Waals surface area contributed by atoms with E-state index in [1.807, 2.05) is 0 Å².